The lowest BCUT2D eigenvalue weighted by Crippen LogP contribution is -2.47. The van der Waals surface area contributed by atoms with Crippen LogP contribution in [-0.4, -0.2) is 68.2 Å². The second-order valence-electron chi connectivity index (χ2n) is 11.6. The van der Waals surface area contributed by atoms with Crippen LogP contribution in [0.25, 0.3) is 11.2 Å². The number of carbonyl (C=O) groups is 1. The van der Waals surface area contributed by atoms with Crippen LogP contribution < -0.4 is 21.7 Å². The minimum Gasteiger partial charge on any atom is -0.365 e. The SMILES string of the molecule is CCCCCCNC(=O)N1CCC(Nc2nc(N[C@H]3CC[C@H](N)CC3)nc3c2ncn3C2CCCC2)CC1. The number of amides is 2. The van der Waals surface area contributed by atoms with Gasteiger partial charge in [-0.1, -0.05) is 39.0 Å². The Morgan fingerprint density at radius 2 is 1.68 bits per heavy atom. The van der Waals surface area contributed by atoms with Gasteiger partial charge in [0.1, 0.15) is 0 Å². The number of anilines is 2. The van der Waals surface area contributed by atoms with Gasteiger partial charge in [0.2, 0.25) is 5.95 Å². The average molecular weight is 526 g/mol. The summed E-state index contributed by atoms with van der Waals surface area (Å²) in [7, 11) is 0. The molecule has 3 heterocycles. The molecule has 0 atom stereocenters. The molecule has 0 unspecified atom stereocenters. The summed E-state index contributed by atoms with van der Waals surface area (Å²) in [4.78, 5) is 29.2. The minimum atomic E-state index is 0.0679. The lowest BCUT2D eigenvalue weighted by Gasteiger charge is -2.32. The third-order valence-electron chi connectivity index (χ3n) is 8.67. The molecule has 0 radical (unpaired) electrons. The molecule has 2 aromatic rings. The van der Waals surface area contributed by atoms with Gasteiger partial charge in [0.15, 0.2) is 17.0 Å². The van der Waals surface area contributed by atoms with Crippen molar-refractivity contribution >= 4 is 29.0 Å². The number of fused-ring (bicyclic) bond motifs is 1. The Morgan fingerprint density at radius 3 is 2.42 bits per heavy atom. The van der Waals surface area contributed by atoms with Crippen LogP contribution in [0, 0.1) is 0 Å². The first-order valence-corrected chi connectivity index (χ1v) is 15.2. The maximum atomic E-state index is 12.6. The topological polar surface area (TPSA) is 126 Å². The fraction of sp³-hybridized carbons (Fsp3) is 0.786. The standard InChI is InChI=1S/C28H47N9O/c1-2-3-4-7-16-30-28(38)36-17-14-22(15-18-36)32-25-24-26(37(19-31-24)23-8-5-6-9-23)35-27(34-25)33-21-12-10-20(29)11-13-21/h19-23H,2-18,29H2,1H3,(H,30,38)(H2,32,33,34,35)/t20-,21-. The molecule has 2 amide bonds. The van der Waals surface area contributed by atoms with Crippen molar-refractivity contribution in [1.29, 1.82) is 0 Å². The van der Waals surface area contributed by atoms with Gasteiger partial charge in [0.25, 0.3) is 0 Å². The number of carbonyl (C=O) groups excluding carboxylic acids is 1. The van der Waals surface area contributed by atoms with Gasteiger partial charge < -0.3 is 31.2 Å². The Labute approximate surface area is 226 Å². The van der Waals surface area contributed by atoms with E-state index in [0.717, 1.165) is 81.6 Å². The lowest BCUT2D eigenvalue weighted by molar-refractivity contribution is 0.183. The maximum absolute atomic E-state index is 12.6. The van der Waals surface area contributed by atoms with E-state index >= 15 is 0 Å². The highest BCUT2D eigenvalue weighted by molar-refractivity contribution is 5.84. The van der Waals surface area contributed by atoms with Crippen LogP contribution in [0.1, 0.15) is 103 Å². The van der Waals surface area contributed by atoms with Gasteiger partial charge in [-0.05, 0) is 57.8 Å². The molecule has 2 aliphatic carbocycles. The van der Waals surface area contributed by atoms with Crippen molar-refractivity contribution in [2.24, 2.45) is 5.73 Å². The van der Waals surface area contributed by atoms with Gasteiger partial charge in [0, 0.05) is 43.8 Å². The normalized spacial score (nSPS) is 23.2. The predicted molar refractivity (Wildman–Crippen MR) is 152 cm³/mol. The van der Waals surface area contributed by atoms with Gasteiger partial charge in [-0.25, -0.2) is 9.78 Å². The number of unbranched alkanes of at least 4 members (excludes halogenated alkanes) is 3. The first-order chi connectivity index (χ1) is 18.6. The average Bonchev–Trinajstić information content (AvgIpc) is 3.60. The molecule has 0 bridgehead atoms. The van der Waals surface area contributed by atoms with Crippen molar-refractivity contribution < 1.29 is 4.79 Å². The molecule has 38 heavy (non-hydrogen) atoms. The Balaban J connectivity index is 1.24. The van der Waals surface area contributed by atoms with E-state index in [1.54, 1.807) is 0 Å². The molecule has 2 saturated carbocycles. The highest BCUT2D eigenvalue weighted by Crippen LogP contribution is 2.34. The zero-order chi connectivity index (χ0) is 26.3. The van der Waals surface area contributed by atoms with Gasteiger partial charge in [-0.2, -0.15) is 9.97 Å². The highest BCUT2D eigenvalue weighted by Gasteiger charge is 2.27. The van der Waals surface area contributed by atoms with Crippen molar-refractivity contribution in [1.82, 2.24) is 29.7 Å². The Kier molecular flexibility index (Phi) is 9.19. The molecule has 1 aliphatic heterocycles. The van der Waals surface area contributed by atoms with Crippen LogP contribution in [0.2, 0.25) is 0 Å². The molecule has 10 nitrogen and oxygen atoms in total. The van der Waals surface area contributed by atoms with E-state index in [-0.39, 0.29) is 12.1 Å². The smallest absolute Gasteiger partial charge is 0.317 e. The molecule has 3 fully saturated rings. The number of nitrogens with two attached hydrogens (primary N) is 1. The number of piperidine rings is 1. The number of imidazole rings is 1. The summed E-state index contributed by atoms with van der Waals surface area (Å²) in [6.07, 6.45) is 17.5. The summed E-state index contributed by atoms with van der Waals surface area (Å²) in [5.74, 6) is 1.49. The molecule has 0 aromatic carbocycles. The van der Waals surface area contributed by atoms with E-state index < -0.39 is 0 Å². The lowest BCUT2D eigenvalue weighted by atomic mass is 9.92. The number of nitrogens with zero attached hydrogens (tertiary/aromatic N) is 5. The number of aromatic nitrogens is 4. The van der Waals surface area contributed by atoms with Crippen molar-refractivity contribution in [3.05, 3.63) is 6.33 Å². The Bertz CT molecular complexity index is 1030. The van der Waals surface area contributed by atoms with Gasteiger partial charge in [-0.3, -0.25) is 0 Å². The van der Waals surface area contributed by atoms with E-state index in [1.807, 2.05) is 11.2 Å². The molecule has 10 heteroatoms. The van der Waals surface area contributed by atoms with Crippen LogP contribution >= 0.6 is 0 Å². The highest BCUT2D eigenvalue weighted by atomic mass is 16.2. The Morgan fingerprint density at radius 1 is 0.947 bits per heavy atom. The number of likely N-dealkylation sites (tertiary alicyclic amines) is 1. The molecule has 210 valence electrons. The van der Waals surface area contributed by atoms with Crippen molar-refractivity contribution in [2.45, 2.75) is 121 Å². The van der Waals surface area contributed by atoms with Gasteiger partial charge >= 0.3 is 6.03 Å². The first-order valence-electron chi connectivity index (χ1n) is 15.2. The first kappa shape index (κ1) is 27.0. The van der Waals surface area contributed by atoms with E-state index in [0.29, 0.717) is 24.1 Å². The van der Waals surface area contributed by atoms with Crippen LogP contribution in [0.3, 0.4) is 0 Å². The summed E-state index contributed by atoms with van der Waals surface area (Å²) in [5, 5.41) is 10.4. The zero-order valence-electron chi connectivity index (χ0n) is 23.1. The maximum Gasteiger partial charge on any atom is 0.317 e. The second kappa shape index (κ2) is 13.0. The molecular formula is C28H47N9O. The van der Waals surface area contributed by atoms with Gasteiger partial charge in [-0.15, -0.1) is 0 Å². The molecule has 5 N–H and O–H groups in total. The summed E-state index contributed by atoms with van der Waals surface area (Å²) in [6.45, 7) is 4.46. The van der Waals surface area contributed by atoms with Crippen LogP contribution in [-0.2, 0) is 0 Å². The van der Waals surface area contributed by atoms with Crippen LogP contribution in [0.15, 0.2) is 6.33 Å². The molecule has 1 saturated heterocycles. The van der Waals surface area contributed by atoms with Crippen molar-refractivity contribution in [2.75, 3.05) is 30.3 Å². The van der Waals surface area contributed by atoms with E-state index in [2.05, 4.69) is 27.4 Å². The third kappa shape index (κ3) is 6.68. The molecule has 5 rings (SSSR count). The molecule has 2 aromatic heterocycles. The quantitative estimate of drug-likeness (QED) is 0.329. The van der Waals surface area contributed by atoms with E-state index in [1.165, 1.54) is 44.9 Å². The number of hydrogen-bond acceptors (Lipinski definition) is 7. The molecule has 3 aliphatic rings. The van der Waals surface area contributed by atoms with Crippen LogP contribution in [0.4, 0.5) is 16.6 Å². The fourth-order valence-electron chi connectivity index (χ4n) is 6.26. The predicted octanol–water partition coefficient (Wildman–Crippen LogP) is 4.79. The number of rotatable bonds is 10. The minimum absolute atomic E-state index is 0.0679. The molecular weight excluding hydrogens is 478 g/mol. The summed E-state index contributed by atoms with van der Waals surface area (Å²) in [6, 6.07) is 1.45. The third-order valence-corrected chi connectivity index (χ3v) is 8.67. The van der Waals surface area contributed by atoms with Crippen LogP contribution in [0.5, 0.6) is 0 Å². The summed E-state index contributed by atoms with van der Waals surface area (Å²) >= 11 is 0. The van der Waals surface area contributed by atoms with Crippen molar-refractivity contribution in [3.63, 3.8) is 0 Å². The monoisotopic (exact) mass is 525 g/mol. The van der Waals surface area contributed by atoms with E-state index in [9.17, 15) is 4.79 Å². The fourth-order valence-corrected chi connectivity index (χ4v) is 6.26. The summed E-state index contributed by atoms with van der Waals surface area (Å²) < 4.78 is 2.27. The van der Waals surface area contributed by atoms with E-state index in [4.69, 9.17) is 20.7 Å². The zero-order valence-corrected chi connectivity index (χ0v) is 23.1. The largest absolute Gasteiger partial charge is 0.365 e. The number of nitrogens with one attached hydrogen (secondary N) is 3. The molecule has 0 spiro atoms. The second-order valence-corrected chi connectivity index (χ2v) is 11.6. The number of urea groups is 1. The Hall–Kier alpha value is -2.62. The summed E-state index contributed by atoms with van der Waals surface area (Å²) in [5.41, 5.74) is 7.90. The van der Waals surface area contributed by atoms with Gasteiger partial charge in [0.05, 0.1) is 6.33 Å². The number of hydrogen-bond donors (Lipinski definition) is 4. The van der Waals surface area contributed by atoms with Crippen molar-refractivity contribution in [3.8, 4) is 0 Å².